The second-order valence-corrected chi connectivity index (χ2v) is 7.83. The molecule has 2 heterocycles. The molecule has 0 spiro atoms. The maximum atomic E-state index is 12.6. The van der Waals surface area contributed by atoms with E-state index in [1.165, 1.54) is 11.3 Å². The summed E-state index contributed by atoms with van der Waals surface area (Å²) in [6.07, 6.45) is 2.02. The van der Waals surface area contributed by atoms with E-state index in [1.54, 1.807) is 0 Å². The lowest BCUT2D eigenvalue weighted by Gasteiger charge is -2.19. The van der Waals surface area contributed by atoms with Gasteiger partial charge in [-0.05, 0) is 47.2 Å². The van der Waals surface area contributed by atoms with Crippen molar-refractivity contribution in [2.24, 2.45) is 0 Å². The summed E-state index contributed by atoms with van der Waals surface area (Å²) in [5.74, 6) is -0.0848. The average Bonchev–Trinajstić information content (AvgIpc) is 3.30. The Morgan fingerprint density at radius 2 is 1.89 bits per heavy atom. The van der Waals surface area contributed by atoms with E-state index in [2.05, 4.69) is 22.4 Å². The molecule has 0 aliphatic heterocycles. The van der Waals surface area contributed by atoms with Crippen LogP contribution >= 0.6 is 22.9 Å². The molecule has 2 N–H and O–H groups in total. The van der Waals surface area contributed by atoms with E-state index < -0.39 is 0 Å². The number of hydrogen-bond acceptors (Lipinski definition) is 2. The third-order valence-corrected chi connectivity index (χ3v) is 6.17. The first kappa shape index (κ1) is 17.8. The first-order chi connectivity index (χ1) is 13.1. The van der Waals surface area contributed by atoms with Gasteiger partial charge in [-0.1, -0.05) is 48.0 Å². The van der Waals surface area contributed by atoms with Crippen molar-refractivity contribution < 1.29 is 4.79 Å². The van der Waals surface area contributed by atoms with Crippen molar-refractivity contribution in [2.45, 2.75) is 12.8 Å². The van der Waals surface area contributed by atoms with Gasteiger partial charge in [-0.3, -0.25) is 4.79 Å². The van der Waals surface area contributed by atoms with Crippen LogP contribution in [-0.4, -0.2) is 17.4 Å². The molecule has 1 atom stereocenters. The fourth-order valence-corrected chi connectivity index (χ4v) is 4.52. The summed E-state index contributed by atoms with van der Waals surface area (Å²) in [6.45, 7) is 2.43. The maximum Gasteiger partial charge on any atom is 0.261 e. The minimum atomic E-state index is -0.0425. The molecular weight excluding hydrogens is 376 g/mol. The lowest BCUT2D eigenvalue weighted by molar-refractivity contribution is 0.0956. The second-order valence-electron chi connectivity index (χ2n) is 6.51. The third kappa shape index (κ3) is 3.51. The van der Waals surface area contributed by atoms with Gasteiger partial charge in [-0.25, -0.2) is 0 Å². The van der Waals surface area contributed by atoms with E-state index in [0.29, 0.717) is 11.6 Å². The standard InChI is InChI=1S/C22H19ClN2OS/c1-14-10-11-27-21(14)22(26)25-13-17(15-6-2-4-8-19(15)23)18-12-24-20-9-5-3-7-16(18)20/h2-12,17,24H,13H2,1H3,(H,25,26)/t17-/m1/s1. The topological polar surface area (TPSA) is 44.9 Å². The van der Waals surface area contributed by atoms with Gasteiger partial charge in [0, 0.05) is 34.6 Å². The number of para-hydroxylation sites is 1. The summed E-state index contributed by atoms with van der Waals surface area (Å²) in [5.41, 5.74) is 4.21. The summed E-state index contributed by atoms with van der Waals surface area (Å²) in [4.78, 5) is 16.7. The number of H-pyrrole nitrogens is 1. The Hall–Kier alpha value is -2.56. The molecule has 0 aliphatic carbocycles. The number of halogens is 1. The van der Waals surface area contributed by atoms with Gasteiger partial charge in [0.1, 0.15) is 0 Å². The molecule has 0 radical (unpaired) electrons. The molecule has 3 nitrogen and oxygen atoms in total. The minimum absolute atomic E-state index is 0.0422. The highest BCUT2D eigenvalue weighted by molar-refractivity contribution is 7.12. The van der Waals surface area contributed by atoms with Gasteiger partial charge < -0.3 is 10.3 Å². The van der Waals surface area contributed by atoms with Crippen LogP contribution in [0.25, 0.3) is 10.9 Å². The van der Waals surface area contributed by atoms with Crippen LogP contribution in [0.2, 0.25) is 5.02 Å². The average molecular weight is 395 g/mol. The lowest BCUT2D eigenvalue weighted by Crippen LogP contribution is -2.28. The largest absolute Gasteiger partial charge is 0.361 e. The number of rotatable bonds is 5. The Balaban J connectivity index is 1.70. The third-order valence-electron chi connectivity index (χ3n) is 4.81. The van der Waals surface area contributed by atoms with Crippen LogP contribution in [0.15, 0.2) is 66.2 Å². The highest BCUT2D eigenvalue weighted by atomic mass is 35.5. The van der Waals surface area contributed by atoms with E-state index in [9.17, 15) is 4.79 Å². The Bertz CT molecular complexity index is 1100. The first-order valence-electron chi connectivity index (χ1n) is 8.78. The quantitative estimate of drug-likeness (QED) is 0.444. The molecule has 0 unspecified atom stereocenters. The molecular formula is C22H19ClN2OS. The molecule has 4 aromatic rings. The zero-order chi connectivity index (χ0) is 18.8. The highest BCUT2D eigenvalue weighted by Crippen LogP contribution is 2.34. The van der Waals surface area contributed by atoms with Crippen molar-refractivity contribution in [1.82, 2.24) is 10.3 Å². The van der Waals surface area contributed by atoms with Crippen LogP contribution in [0.4, 0.5) is 0 Å². The summed E-state index contributed by atoms with van der Waals surface area (Å²) in [5, 5.41) is 6.89. The number of hydrogen-bond donors (Lipinski definition) is 2. The van der Waals surface area contributed by atoms with Gasteiger partial charge in [-0.15, -0.1) is 11.3 Å². The smallest absolute Gasteiger partial charge is 0.261 e. The van der Waals surface area contributed by atoms with E-state index >= 15 is 0 Å². The molecule has 1 amide bonds. The number of fused-ring (bicyclic) bond motifs is 1. The molecule has 2 aromatic carbocycles. The Morgan fingerprint density at radius 3 is 2.67 bits per heavy atom. The van der Waals surface area contributed by atoms with Crippen LogP contribution in [-0.2, 0) is 0 Å². The van der Waals surface area contributed by atoms with Gasteiger partial charge in [0.05, 0.1) is 4.88 Å². The van der Waals surface area contributed by atoms with Crippen LogP contribution in [0, 0.1) is 6.92 Å². The number of benzene rings is 2. The van der Waals surface area contributed by atoms with E-state index in [1.807, 2.05) is 61.0 Å². The number of aromatic amines is 1. The molecule has 0 aliphatic rings. The van der Waals surface area contributed by atoms with Gasteiger partial charge in [0.2, 0.25) is 0 Å². The number of aryl methyl sites for hydroxylation is 1. The van der Waals surface area contributed by atoms with Crippen LogP contribution < -0.4 is 5.32 Å². The van der Waals surface area contributed by atoms with Gasteiger partial charge >= 0.3 is 0 Å². The van der Waals surface area contributed by atoms with E-state index in [4.69, 9.17) is 11.6 Å². The molecule has 0 bridgehead atoms. The number of thiophene rings is 1. The molecule has 136 valence electrons. The molecule has 27 heavy (non-hydrogen) atoms. The number of amides is 1. The number of carbonyl (C=O) groups is 1. The number of carbonyl (C=O) groups excluding carboxylic acids is 1. The van der Waals surface area contributed by atoms with Gasteiger partial charge in [0.25, 0.3) is 5.91 Å². The molecule has 5 heteroatoms. The van der Waals surface area contributed by atoms with Crippen LogP contribution in [0.1, 0.15) is 32.3 Å². The molecule has 0 fully saturated rings. The van der Waals surface area contributed by atoms with Crippen molar-refractivity contribution in [1.29, 1.82) is 0 Å². The highest BCUT2D eigenvalue weighted by Gasteiger charge is 2.22. The predicted molar refractivity (Wildman–Crippen MR) is 113 cm³/mol. The van der Waals surface area contributed by atoms with E-state index in [0.717, 1.165) is 32.5 Å². The van der Waals surface area contributed by atoms with Crippen molar-refractivity contribution >= 4 is 39.7 Å². The normalized spacial score (nSPS) is 12.2. The maximum absolute atomic E-state index is 12.6. The molecule has 2 aromatic heterocycles. The van der Waals surface area contributed by atoms with Crippen LogP contribution in [0.5, 0.6) is 0 Å². The monoisotopic (exact) mass is 394 g/mol. The fraction of sp³-hybridized carbons (Fsp3) is 0.136. The second kappa shape index (κ2) is 7.59. The zero-order valence-corrected chi connectivity index (χ0v) is 16.4. The van der Waals surface area contributed by atoms with E-state index in [-0.39, 0.29) is 11.8 Å². The van der Waals surface area contributed by atoms with Gasteiger partial charge in [-0.2, -0.15) is 0 Å². The SMILES string of the molecule is Cc1ccsc1C(=O)NC[C@H](c1ccccc1Cl)c1c[nH]c2ccccc12. The van der Waals surface area contributed by atoms with Crippen LogP contribution in [0.3, 0.4) is 0 Å². The molecule has 4 rings (SSSR count). The fourth-order valence-electron chi connectivity index (χ4n) is 3.41. The van der Waals surface area contributed by atoms with Crippen molar-refractivity contribution in [3.63, 3.8) is 0 Å². The Labute approximate surface area is 167 Å². The summed E-state index contributed by atoms with van der Waals surface area (Å²) in [6, 6.07) is 18.0. The molecule has 0 saturated carbocycles. The predicted octanol–water partition coefficient (Wildman–Crippen LogP) is 5.75. The first-order valence-corrected chi connectivity index (χ1v) is 10.0. The molecule has 0 saturated heterocycles. The number of nitrogens with one attached hydrogen (secondary N) is 2. The Morgan fingerprint density at radius 1 is 1.11 bits per heavy atom. The van der Waals surface area contributed by atoms with Crippen molar-refractivity contribution in [3.05, 3.63) is 92.8 Å². The summed E-state index contributed by atoms with van der Waals surface area (Å²) in [7, 11) is 0. The van der Waals surface area contributed by atoms with Crippen molar-refractivity contribution in [2.75, 3.05) is 6.54 Å². The minimum Gasteiger partial charge on any atom is -0.361 e. The summed E-state index contributed by atoms with van der Waals surface area (Å²) >= 11 is 7.97. The van der Waals surface area contributed by atoms with Gasteiger partial charge in [0.15, 0.2) is 0 Å². The van der Waals surface area contributed by atoms with Crippen molar-refractivity contribution in [3.8, 4) is 0 Å². The Kier molecular flexibility index (Phi) is 5.01. The zero-order valence-electron chi connectivity index (χ0n) is 14.8. The summed E-state index contributed by atoms with van der Waals surface area (Å²) < 4.78 is 0. The number of aromatic nitrogens is 1. The lowest BCUT2D eigenvalue weighted by atomic mass is 9.90.